The van der Waals surface area contributed by atoms with Crippen LogP contribution in [0.5, 0.6) is 0 Å². The predicted octanol–water partition coefficient (Wildman–Crippen LogP) is 1.06. The van der Waals surface area contributed by atoms with Crippen LogP contribution in [0.3, 0.4) is 0 Å². The van der Waals surface area contributed by atoms with Crippen LogP contribution in [-0.4, -0.2) is 31.1 Å². The number of halogens is 1. The molecule has 2 amide bonds. The van der Waals surface area contributed by atoms with Gasteiger partial charge >= 0.3 is 11.8 Å². The lowest BCUT2D eigenvalue weighted by Crippen LogP contribution is -2.39. The molecule has 0 aliphatic carbocycles. The minimum atomic E-state index is -0.886. The Hall–Kier alpha value is -1.95. The van der Waals surface area contributed by atoms with Crippen molar-refractivity contribution in [2.24, 2.45) is 0 Å². The summed E-state index contributed by atoms with van der Waals surface area (Å²) in [5.74, 6) is -2.26. The molecule has 2 rings (SSSR count). The van der Waals surface area contributed by atoms with Gasteiger partial charge in [-0.3, -0.25) is 9.59 Å². The molecule has 1 fully saturated rings. The lowest BCUT2D eigenvalue weighted by atomic mass is 10.2. The van der Waals surface area contributed by atoms with Gasteiger partial charge in [0, 0.05) is 13.2 Å². The summed E-state index contributed by atoms with van der Waals surface area (Å²) in [6.07, 6.45) is 1.79. The fourth-order valence-corrected chi connectivity index (χ4v) is 1.83. The topological polar surface area (TPSA) is 67.4 Å². The van der Waals surface area contributed by atoms with Crippen LogP contribution in [0.4, 0.5) is 10.1 Å². The molecule has 102 valence electrons. The van der Waals surface area contributed by atoms with Crippen LogP contribution in [0, 0.1) is 5.82 Å². The molecule has 6 heteroatoms. The van der Waals surface area contributed by atoms with Crippen molar-refractivity contribution in [3.8, 4) is 0 Å². The summed E-state index contributed by atoms with van der Waals surface area (Å²) in [7, 11) is 0. The molecule has 1 saturated heterocycles. The SMILES string of the molecule is O=C(NCC1CCCO1)C(=O)Nc1ccccc1F. The fourth-order valence-electron chi connectivity index (χ4n) is 1.83. The number of nitrogens with one attached hydrogen (secondary N) is 2. The van der Waals surface area contributed by atoms with Gasteiger partial charge in [0.15, 0.2) is 0 Å². The smallest absolute Gasteiger partial charge is 0.313 e. The number of para-hydroxylation sites is 1. The Labute approximate surface area is 110 Å². The average molecular weight is 266 g/mol. The fraction of sp³-hybridized carbons (Fsp3) is 0.385. The van der Waals surface area contributed by atoms with Crippen LogP contribution in [0.25, 0.3) is 0 Å². The second-order valence-electron chi connectivity index (χ2n) is 4.28. The highest BCUT2D eigenvalue weighted by Gasteiger charge is 2.19. The van der Waals surface area contributed by atoms with Gasteiger partial charge in [-0.15, -0.1) is 0 Å². The molecule has 0 bridgehead atoms. The quantitative estimate of drug-likeness (QED) is 0.804. The first-order chi connectivity index (χ1) is 9.16. The summed E-state index contributed by atoms with van der Waals surface area (Å²) in [6, 6.07) is 5.67. The molecule has 0 spiro atoms. The number of amides is 2. The summed E-state index contributed by atoms with van der Waals surface area (Å²) >= 11 is 0. The third-order valence-corrected chi connectivity index (χ3v) is 2.84. The van der Waals surface area contributed by atoms with Gasteiger partial charge in [0.25, 0.3) is 0 Å². The van der Waals surface area contributed by atoms with Crippen LogP contribution >= 0.6 is 0 Å². The van der Waals surface area contributed by atoms with Gasteiger partial charge in [-0.05, 0) is 25.0 Å². The zero-order valence-electron chi connectivity index (χ0n) is 10.3. The zero-order chi connectivity index (χ0) is 13.7. The van der Waals surface area contributed by atoms with E-state index in [1.807, 2.05) is 0 Å². The first-order valence-electron chi connectivity index (χ1n) is 6.12. The Balaban J connectivity index is 1.82. The number of benzene rings is 1. The molecule has 1 heterocycles. The molecule has 0 saturated carbocycles. The highest BCUT2D eigenvalue weighted by Crippen LogP contribution is 2.12. The second kappa shape index (κ2) is 6.29. The number of carbonyl (C=O) groups is 2. The van der Waals surface area contributed by atoms with Crippen molar-refractivity contribution in [3.63, 3.8) is 0 Å². The highest BCUT2D eigenvalue weighted by atomic mass is 19.1. The maximum absolute atomic E-state index is 13.3. The largest absolute Gasteiger partial charge is 0.376 e. The van der Waals surface area contributed by atoms with Crippen molar-refractivity contribution in [3.05, 3.63) is 30.1 Å². The molecular formula is C13H15FN2O3. The third-order valence-electron chi connectivity index (χ3n) is 2.84. The Bertz CT molecular complexity index is 473. The molecule has 1 unspecified atom stereocenters. The van der Waals surface area contributed by atoms with E-state index in [1.54, 1.807) is 6.07 Å². The molecule has 1 atom stereocenters. The lowest BCUT2D eigenvalue weighted by Gasteiger charge is -2.10. The zero-order valence-corrected chi connectivity index (χ0v) is 10.3. The Morgan fingerprint density at radius 1 is 1.32 bits per heavy atom. The monoisotopic (exact) mass is 266 g/mol. The van der Waals surface area contributed by atoms with E-state index >= 15 is 0 Å². The summed E-state index contributed by atoms with van der Waals surface area (Å²) in [4.78, 5) is 23.1. The summed E-state index contributed by atoms with van der Waals surface area (Å²) in [6.45, 7) is 0.978. The van der Waals surface area contributed by atoms with Crippen molar-refractivity contribution in [2.75, 3.05) is 18.5 Å². The number of hydrogen-bond acceptors (Lipinski definition) is 3. The summed E-state index contributed by atoms with van der Waals surface area (Å²) < 4.78 is 18.6. The van der Waals surface area contributed by atoms with E-state index in [0.717, 1.165) is 12.8 Å². The van der Waals surface area contributed by atoms with E-state index in [-0.39, 0.29) is 11.8 Å². The van der Waals surface area contributed by atoms with Gasteiger partial charge < -0.3 is 15.4 Å². The number of ether oxygens (including phenoxy) is 1. The van der Waals surface area contributed by atoms with E-state index < -0.39 is 17.6 Å². The van der Waals surface area contributed by atoms with Gasteiger partial charge in [0.1, 0.15) is 5.82 Å². The number of rotatable bonds is 3. The molecule has 1 aromatic rings. The molecular weight excluding hydrogens is 251 g/mol. The van der Waals surface area contributed by atoms with Crippen LogP contribution < -0.4 is 10.6 Å². The molecule has 19 heavy (non-hydrogen) atoms. The summed E-state index contributed by atoms with van der Waals surface area (Å²) in [5.41, 5.74) is -0.0141. The molecule has 5 nitrogen and oxygen atoms in total. The Morgan fingerprint density at radius 2 is 2.11 bits per heavy atom. The molecule has 1 aromatic carbocycles. The highest BCUT2D eigenvalue weighted by molar-refractivity contribution is 6.39. The van der Waals surface area contributed by atoms with E-state index in [0.29, 0.717) is 13.2 Å². The van der Waals surface area contributed by atoms with Crippen LogP contribution in [0.2, 0.25) is 0 Å². The standard InChI is InChI=1S/C13H15FN2O3/c14-10-5-1-2-6-11(10)16-13(18)12(17)15-8-9-4-3-7-19-9/h1-2,5-6,9H,3-4,7-8H2,(H,15,17)(H,16,18). The maximum Gasteiger partial charge on any atom is 0.313 e. The number of anilines is 1. The van der Waals surface area contributed by atoms with Crippen LogP contribution in [0.1, 0.15) is 12.8 Å². The first-order valence-corrected chi connectivity index (χ1v) is 6.12. The second-order valence-corrected chi connectivity index (χ2v) is 4.28. The molecule has 2 N–H and O–H groups in total. The molecule has 0 radical (unpaired) electrons. The van der Waals surface area contributed by atoms with E-state index in [2.05, 4.69) is 10.6 Å². The first kappa shape index (κ1) is 13.5. The summed E-state index contributed by atoms with van der Waals surface area (Å²) in [5, 5.41) is 4.68. The third kappa shape index (κ3) is 3.75. The van der Waals surface area contributed by atoms with Crippen LogP contribution in [-0.2, 0) is 14.3 Å². The van der Waals surface area contributed by atoms with Gasteiger partial charge in [-0.1, -0.05) is 12.1 Å². The molecule has 1 aliphatic heterocycles. The lowest BCUT2D eigenvalue weighted by molar-refractivity contribution is -0.136. The Kier molecular flexibility index (Phi) is 4.46. The molecule has 1 aliphatic rings. The van der Waals surface area contributed by atoms with Gasteiger partial charge in [-0.2, -0.15) is 0 Å². The van der Waals surface area contributed by atoms with Gasteiger partial charge in [0.05, 0.1) is 11.8 Å². The van der Waals surface area contributed by atoms with Crippen molar-refractivity contribution in [2.45, 2.75) is 18.9 Å². The van der Waals surface area contributed by atoms with E-state index in [9.17, 15) is 14.0 Å². The van der Waals surface area contributed by atoms with Crippen molar-refractivity contribution >= 4 is 17.5 Å². The van der Waals surface area contributed by atoms with Gasteiger partial charge in [0.2, 0.25) is 0 Å². The number of hydrogen-bond donors (Lipinski definition) is 2. The predicted molar refractivity (Wildman–Crippen MR) is 67.0 cm³/mol. The maximum atomic E-state index is 13.3. The minimum absolute atomic E-state index is 0.0141. The van der Waals surface area contributed by atoms with E-state index in [4.69, 9.17) is 4.74 Å². The minimum Gasteiger partial charge on any atom is -0.376 e. The van der Waals surface area contributed by atoms with E-state index in [1.165, 1.54) is 18.2 Å². The number of carbonyl (C=O) groups excluding carboxylic acids is 2. The Morgan fingerprint density at radius 3 is 2.79 bits per heavy atom. The van der Waals surface area contributed by atoms with Gasteiger partial charge in [-0.25, -0.2) is 4.39 Å². The van der Waals surface area contributed by atoms with Crippen molar-refractivity contribution in [1.29, 1.82) is 0 Å². The van der Waals surface area contributed by atoms with Crippen molar-refractivity contribution < 1.29 is 18.7 Å². The van der Waals surface area contributed by atoms with Crippen molar-refractivity contribution in [1.82, 2.24) is 5.32 Å². The average Bonchev–Trinajstić information content (AvgIpc) is 2.91. The van der Waals surface area contributed by atoms with Crippen LogP contribution in [0.15, 0.2) is 24.3 Å². The molecule has 0 aromatic heterocycles. The normalized spacial score (nSPS) is 18.1.